The van der Waals surface area contributed by atoms with Crippen LogP contribution >= 0.6 is 35.6 Å². The Morgan fingerprint density at radius 3 is 2.70 bits per heavy atom. The van der Waals surface area contributed by atoms with Crippen molar-refractivity contribution in [1.82, 2.24) is 15.5 Å². The first-order chi connectivity index (χ1) is 9.08. The van der Waals surface area contributed by atoms with E-state index in [4.69, 9.17) is 27.7 Å². The Labute approximate surface area is 134 Å². The maximum atomic E-state index is 5.97. The van der Waals surface area contributed by atoms with Gasteiger partial charge in [0, 0.05) is 12.5 Å². The van der Waals surface area contributed by atoms with Crippen LogP contribution in [0.15, 0.2) is 22.7 Å². The molecule has 110 valence electrons. The number of likely N-dealkylation sites (N-methyl/N-ethyl adjacent to an activating group) is 1. The zero-order chi connectivity index (χ0) is 13.8. The third-order valence-electron chi connectivity index (χ3n) is 2.83. The maximum Gasteiger partial charge on any atom is 0.231 e. The fraction of sp³-hybridized carbons (Fsp3) is 0.385. The van der Waals surface area contributed by atoms with Gasteiger partial charge in [0.15, 0.2) is 5.82 Å². The molecule has 1 aromatic carbocycles. The molecule has 0 amide bonds. The van der Waals surface area contributed by atoms with Crippen molar-refractivity contribution >= 4 is 35.6 Å². The Morgan fingerprint density at radius 2 is 2.05 bits per heavy atom. The van der Waals surface area contributed by atoms with E-state index in [9.17, 15) is 0 Å². The standard InChI is InChI=1S/C13H15Cl2N3O.ClH/c1-8(16-2)5-12-17-13(19-18-12)7-9-3-4-10(14)11(15)6-9;/h3-4,6,8,16H,5,7H2,1-2H3;1H. The average Bonchev–Trinajstić information content (AvgIpc) is 2.81. The van der Waals surface area contributed by atoms with Gasteiger partial charge in [-0.2, -0.15) is 4.98 Å². The molecule has 0 radical (unpaired) electrons. The summed E-state index contributed by atoms with van der Waals surface area (Å²) in [7, 11) is 1.90. The van der Waals surface area contributed by atoms with E-state index in [1.165, 1.54) is 0 Å². The van der Waals surface area contributed by atoms with E-state index in [0.29, 0.717) is 34.2 Å². The number of aromatic nitrogens is 2. The topological polar surface area (TPSA) is 51.0 Å². The molecule has 2 rings (SSSR count). The summed E-state index contributed by atoms with van der Waals surface area (Å²) < 4.78 is 5.22. The van der Waals surface area contributed by atoms with Gasteiger partial charge in [0.25, 0.3) is 0 Å². The van der Waals surface area contributed by atoms with E-state index in [-0.39, 0.29) is 12.4 Å². The summed E-state index contributed by atoms with van der Waals surface area (Å²) in [4.78, 5) is 4.35. The number of rotatable bonds is 5. The smallest absolute Gasteiger partial charge is 0.231 e. The van der Waals surface area contributed by atoms with Crippen molar-refractivity contribution < 1.29 is 4.52 Å². The number of hydrogen-bond donors (Lipinski definition) is 1. The minimum atomic E-state index is 0. The lowest BCUT2D eigenvalue weighted by Gasteiger charge is -2.04. The predicted octanol–water partition coefficient (Wildman–Crippen LogP) is 3.54. The third kappa shape index (κ3) is 4.63. The molecule has 2 aromatic rings. The van der Waals surface area contributed by atoms with Crippen LogP contribution in [-0.2, 0) is 12.8 Å². The SMILES string of the molecule is CNC(C)Cc1noc(Cc2ccc(Cl)c(Cl)c2)n1.Cl. The molecular weight excluding hydrogens is 321 g/mol. The van der Waals surface area contributed by atoms with Crippen molar-refractivity contribution in [2.75, 3.05) is 7.05 Å². The molecular formula is C13H16Cl3N3O. The highest BCUT2D eigenvalue weighted by Gasteiger charge is 2.10. The van der Waals surface area contributed by atoms with Crippen LogP contribution in [-0.4, -0.2) is 23.2 Å². The molecule has 7 heteroatoms. The van der Waals surface area contributed by atoms with Gasteiger partial charge in [-0.3, -0.25) is 0 Å². The second-order valence-corrected chi connectivity index (χ2v) is 5.24. The highest BCUT2D eigenvalue weighted by Crippen LogP contribution is 2.23. The van der Waals surface area contributed by atoms with Crippen LogP contribution in [0.4, 0.5) is 0 Å². The summed E-state index contributed by atoms with van der Waals surface area (Å²) in [6.07, 6.45) is 1.29. The van der Waals surface area contributed by atoms with Crippen molar-refractivity contribution in [1.29, 1.82) is 0 Å². The molecule has 0 aliphatic rings. The predicted molar refractivity (Wildman–Crippen MR) is 83.0 cm³/mol. The van der Waals surface area contributed by atoms with Crippen molar-refractivity contribution in [3.8, 4) is 0 Å². The van der Waals surface area contributed by atoms with Gasteiger partial charge in [0.2, 0.25) is 5.89 Å². The summed E-state index contributed by atoms with van der Waals surface area (Å²) in [6, 6.07) is 5.79. The van der Waals surface area contributed by atoms with Crippen LogP contribution in [0.1, 0.15) is 24.2 Å². The minimum absolute atomic E-state index is 0. The largest absolute Gasteiger partial charge is 0.339 e. The van der Waals surface area contributed by atoms with E-state index in [0.717, 1.165) is 12.0 Å². The van der Waals surface area contributed by atoms with Crippen molar-refractivity contribution in [3.05, 3.63) is 45.5 Å². The number of nitrogens with one attached hydrogen (secondary N) is 1. The van der Waals surface area contributed by atoms with Crippen molar-refractivity contribution in [2.24, 2.45) is 0 Å². The molecule has 0 saturated carbocycles. The van der Waals surface area contributed by atoms with E-state index in [1.807, 2.05) is 19.2 Å². The van der Waals surface area contributed by atoms with E-state index in [2.05, 4.69) is 22.4 Å². The first-order valence-corrected chi connectivity index (χ1v) is 6.76. The molecule has 0 fully saturated rings. The average molecular weight is 337 g/mol. The van der Waals surface area contributed by atoms with Crippen LogP contribution in [0, 0.1) is 0 Å². The fourth-order valence-electron chi connectivity index (χ4n) is 1.64. The van der Waals surface area contributed by atoms with Crippen LogP contribution in [0.5, 0.6) is 0 Å². The van der Waals surface area contributed by atoms with Gasteiger partial charge in [-0.05, 0) is 31.7 Å². The highest BCUT2D eigenvalue weighted by atomic mass is 35.5. The van der Waals surface area contributed by atoms with E-state index in [1.54, 1.807) is 6.07 Å². The summed E-state index contributed by atoms with van der Waals surface area (Å²) in [6.45, 7) is 2.06. The summed E-state index contributed by atoms with van der Waals surface area (Å²) in [5.74, 6) is 1.29. The minimum Gasteiger partial charge on any atom is -0.339 e. The monoisotopic (exact) mass is 335 g/mol. The first kappa shape index (κ1) is 17.2. The Hall–Kier alpha value is -0.810. The number of nitrogens with zero attached hydrogens (tertiary/aromatic N) is 2. The molecule has 0 spiro atoms. The Morgan fingerprint density at radius 1 is 1.30 bits per heavy atom. The van der Waals surface area contributed by atoms with Gasteiger partial charge in [-0.1, -0.05) is 34.4 Å². The zero-order valence-corrected chi connectivity index (χ0v) is 13.5. The van der Waals surface area contributed by atoms with Gasteiger partial charge in [-0.15, -0.1) is 12.4 Å². The summed E-state index contributed by atoms with van der Waals surface area (Å²) in [5, 5.41) is 8.16. The molecule has 4 nitrogen and oxygen atoms in total. The number of hydrogen-bond acceptors (Lipinski definition) is 4. The fourth-order valence-corrected chi connectivity index (χ4v) is 1.97. The molecule has 1 heterocycles. The normalized spacial score (nSPS) is 12.0. The first-order valence-electron chi connectivity index (χ1n) is 6.01. The van der Waals surface area contributed by atoms with Gasteiger partial charge in [0.1, 0.15) is 0 Å². The van der Waals surface area contributed by atoms with E-state index >= 15 is 0 Å². The lowest BCUT2D eigenvalue weighted by Crippen LogP contribution is -2.24. The molecule has 20 heavy (non-hydrogen) atoms. The zero-order valence-electron chi connectivity index (χ0n) is 11.2. The van der Waals surface area contributed by atoms with Gasteiger partial charge in [-0.25, -0.2) is 0 Å². The van der Waals surface area contributed by atoms with Crippen molar-refractivity contribution in [2.45, 2.75) is 25.8 Å². The highest BCUT2D eigenvalue weighted by molar-refractivity contribution is 6.42. The van der Waals surface area contributed by atoms with Gasteiger partial charge in [0.05, 0.1) is 16.5 Å². The molecule has 1 atom stereocenters. The van der Waals surface area contributed by atoms with Crippen LogP contribution in [0.3, 0.4) is 0 Å². The molecule has 1 aromatic heterocycles. The Balaban J connectivity index is 0.00000200. The second kappa shape index (κ2) is 7.84. The Kier molecular flexibility index (Phi) is 6.76. The van der Waals surface area contributed by atoms with Crippen LogP contribution in [0.25, 0.3) is 0 Å². The molecule has 0 saturated heterocycles. The lowest BCUT2D eigenvalue weighted by atomic mass is 10.1. The van der Waals surface area contributed by atoms with Crippen LogP contribution in [0.2, 0.25) is 10.0 Å². The van der Waals surface area contributed by atoms with Gasteiger partial charge < -0.3 is 9.84 Å². The molecule has 0 bridgehead atoms. The number of halogens is 3. The lowest BCUT2D eigenvalue weighted by molar-refractivity contribution is 0.377. The second-order valence-electron chi connectivity index (χ2n) is 4.42. The summed E-state index contributed by atoms with van der Waals surface area (Å²) >= 11 is 11.8. The Bertz CT molecular complexity index is 560. The van der Waals surface area contributed by atoms with Crippen molar-refractivity contribution in [3.63, 3.8) is 0 Å². The molecule has 0 aliphatic heterocycles. The van der Waals surface area contributed by atoms with Gasteiger partial charge >= 0.3 is 0 Å². The quantitative estimate of drug-likeness (QED) is 0.907. The van der Waals surface area contributed by atoms with Crippen LogP contribution < -0.4 is 5.32 Å². The number of benzene rings is 1. The van der Waals surface area contributed by atoms with E-state index < -0.39 is 0 Å². The molecule has 1 unspecified atom stereocenters. The molecule has 0 aliphatic carbocycles. The molecule has 1 N–H and O–H groups in total. The summed E-state index contributed by atoms with van der Waals surface area (Å²) in [5.41, 5.74) is 0.992. The maximum absolute atomic E-state index is 5.97. The third-order valence-corrected chi connectivity index (χ3v) is 3.57.